The average molecular weight is 123 g/mol. The first-order chi connectivity index (χ1) is 4.31. The van der Waals surface area contributed by atoms with Crippen LogP contribution in [0.2, 0.25) is 0 Å². The van der Waals surface area contributed by atoms with Gasteiger partial charge in [-0.25, -0.2) is 0 Å². The lowest BCUT2D eigenvalue weighted by Crippen LogP contribution is -1.76. The van der Waals surface area contributed by atoms with Gasteiger partial charge >= 0.3 is 0 Å². The second-order valence-corrected chi connectivity index (χ2v) is 1.70. The van der Waals surface area contributed by atoms with Gasteiger partial charge in [-0.1, -0.05) is 18.7 Å². The van der Waals surface area contributed by atoms with E-state index in [4.69, 9.17) is 0 Å². The van der Waals surface area contributed by atoms with Crippen LogP contribution in [0.4, 0.5) is 0 Å². The van der Waals surface area contributed by atoms with Gasteiger partial charge < -0.3 is 0 Å². The normalized spacial score (nSPS) is 11.3. The lowest BCUT2D eigenvalue weighted by Gasteiger charge is -1.84. The molecular weight excluding hydrogens is 110 g/mol. The van der Waals surface area contributed by atoms with Crippen LogP contribution in [0.15, 0.2) is 29.3 Å². The van der Waals surface area contributed by atoms with Crippen molar-refractivity contribution in [2.45, 2.75) is 13.8 Å². The predicted octanol–water partition coefficient (Wildman–Crippen LogP) is 2.21. The molecule has 50 valence electrons. The third kappa shape index (κ3) is 5.01. The van der Waals surface area contributed by atoms with Crippen molar-refractivity contribution in [2.75, 3.05) is 6.54 Å². The Labute approximate surface area is 56.8 Å². The number of allylic oxidation sites excluding steroid dienone is 3. The highest BCUT2D eigenvalue weighted by molar-refractivity contribution is 5.81. The molecule has 0 saturated heterocycles. The molecule has 0 rings (SSSR count). The Balaban J connectivity index is 3.63. The van der Waals surface area contributed by atoms with Gasteiger partial charge in [0.25, 0.3) is 0 Å². The molecule has 9 heavy (non-hydrogen) atoms. The van der Waals surface area contributed by atoms with Gasteiger partial charge in [-0.05, 0) is 19.4 Å². The summed E-state index contributed by atoms with van der Waals surface area (Å²) in [4.78, 5) is 4.01. The van der Waals surface area contributed by atoms with Crippen LogP contribution < -0.4 is 0 Å². The van der Waals surface area contributed by atoms with E-state index in [1.165, 1.54) is 0 Å². The van der Waals surface area contributed by atoms with E-state index in [0.717, 1.165) is 12.1 Å². The smallest absolute Gasteiger partial charge is 0.0361 e. The topological polar surface area (TPSA) is 12.4 Å². The maximum absolute atomic E-state index is 4.01. The van der Waals surface area contributed by atoms with Gasteiger partial charge in [-0.15, -0.1) is 0 Å². The summed E-state index contributed by atoms with van der Waals surface area (Å²) in [5, 5.41) is 0. The second-order valence-electron chi connectivity index (χ2n) is 1.70. The second kappa shape index (κ2) is 5.29. The van der Waals surface area contributed by atoms with Crippen molar-refractivity contribution in [3.8, 4) is 0 Å². The molecule has 0 spiro atoms. The van der Waals surface area contributed by atoms with Crippen molar-refractivity contribution in [2.24, 2.45) is 4.99 Å². The van der Waals surface area contributed by atoms with E-state index in [1.807, 2.05) is 26.0 Å². The fraction of sp³-hybridized carbons (Fsp3) is 0.375. The highest BCUT2D eigenvalue weighted by Crippen LogP contribution is 1.86. The molecule has 1 heteroatoms. The lowest BCUT2D eigenvalue weighted by molar-refractivity contribution is 1.14. The molecule has 0 unspecified atom stereocenters. The third-order valence-electron chi connectivity index (χ3n) is 0.820. The summed E-state index contributed by atoms with van der Waals surface area (Å²) in [6.07, 6.45) is 5.66. The van der Waals surface area contributed by atoms with E-state index >= 15 is 0 Å². The average Bonchev–Trinajstić information content (AvgIpc) is 1.85. The molecule has 0 bridgehead atoms. The van der Waals surface area contributed by atoms with Crippen molar-refractivity contribution in [1.82, 2.24) is 0 Å². The van der Waals surface area contributed by atoms with Crippen LogP contribution in [-0.2, 0) is 0 Å². The molecule has 0 amide bonds. The first-order valence-electron chi connectivity index (χ1n) is 3.12. The zero-order valence-electron chi connectivity index (χ0n) is 6.09. The number of rotatable bonds is 3. The monoisotopic (exact) mass is 123 g/mol. The van der Waals surface area contributed by atoms with E-state index < -0.39 is 0 Å². The van der Waals surface area contributed by atoms with Gasteiger partial charge in [0, 0.05) is 12.8 Å². The van der Waals surface area contributed by atoms with Crippen molar-refractivity contribution < 1.29 is 0 Å². The van der Waals surface area contributed by atoms with Crippen molar-refractivity contribution in [3.63, 3.8) is 0 Å². The number of hydrogen-bond acceptors (Lipinski definition) is 1. The van der Waals surface area contributed by atoms with Gasteiger partial charge in [0.05, 0.1) is 0 Å². The van der Waals surface area contributed by atoms with Gasteiger partial charge in [0.1, 0.15) is 0 Å². The summed E-state index contributed by atoms with van der Waals surface area (Å²) in [7, 11) is 0. The summed E-state index contributed by atoms with van der Waals surface area (Å²) in [6, 6.07) is 0. The Hall–Kier alpha value is -0.850. The highest BCUT2D eigenvalue weighted by Gasteiger charge is 1.75. The molecule has 0 aromatic rings. The number of nitrogens with zero attached hydrogens (tertiary/aromatic N) is 1. The van der Waals surface area contributed by atoms with Crippen LogP contribution in [0.3, 0.4) is 0 Å². The number of aliphatic imine (C=N–C) groups is 1. The molecule has 0 atom stereocenters. The van der Waals surface area contributed by atoms with Gasteiger partial charge in [-0.2, -0.15) is 0 Å². The van der Waals surface area contributed by atoms with Gasteiger partial charge in [-0.3, -0.25) is 4.99 Å². The number of hydrogen-bond donors (Lipinski definition) is 0. The Morgan fingerprint density at radius 2 is 2.33 bits per heavy atom. The van der Waals surface area contributed by atoms with E-state index in [1.54, 1.807) is 6.21 Å². The minimum atomic E-state index is 0.830. The Bertz CT molecular complexity index is 132. The molecule has 0 N–H and O–H groups in total. The van der Waals surface area contributed by atoms with Crippen LogP contribution in [0.5, 0.6) is 0 Å². The first kappa shape index (κ1) is 8.15. The van der Waals surface area contributed by atoms with E-state index in [0.29, 0.717) is 0 Å². The molecule has 0 saturated carbocycles. The van der Waals surface area contributed by atoms with Crippen molar-refractivity contribution in [1.29, 1.82) is 0 Å². The zero-order valence-corrected chi connectivity index (χ0v) is 6.09. The van der Waals surface area contributed by atoms with Crippen molar-refractivity contribution in [3.05, 3.63) is 24.3 Å². The highest BCUT2D eigenvalue weighted by atomic mass is 14.7. The summed E-state index contributed by atoms with van der Waals surface area (Å²) in [5.41, 5.74) is 0.958. The Morgan fingerprint density at radius 3 is 2.78 bits per heavy atom. The SMILES string of the molecule is C=C(C=NCC)/C=C\C. The van der Waals surface area contributed by atoms with Crippen LogP contribution in [-0.4, -0.2) is 12.8 Å². The maximum Gasteiger partial charge on any atom is 0.0361 e. The third-order valence-corrected chi connectivity index (χ3v) is 0.820. The van der Waals surface area contributed by atoms with Crippen LogP contribution in [0.25, 0.3) is 0 Å². The quantitative estimate of drug-likeness (QED) is 0.403. The van der Waals surface area contributed by atoms with Gasteiger partial charge in [0.15, 0.2) is 0 Å². The fourth-order valence-corrected chi connectivity index (χ4v) is 0.466. The van der Waals surface area contributed by atoms with Crippen LogP contribution in [0, 0.1) is 0 Å². The summed E-state index contributed by atoms with van der Waals surface area (Å²) in [6.45, 7) is 8.54. The standard InChI is InChI=1S/C8H13N/c1-4-6-8(3)7-9-5-2/h4,6-7H,3,5H2,1-2H3/b6-4-,9-7?. The summed E-state index contributed by atoms with van der Waals surface area (Å²) in [5.74, 6) is 0. The minimum absolute atomic E-state index is 0.830. The molecule has 0 heterocycles. The van der Waals surface area contributed by atoms with Crippen LogP contribution >= 0.6 is 0 Å². The molecule has 0 radical (unpaired) electrons. The predicted molar refractivity (Wildman–Crippen MR) is 43.0 cm³/mol. The van der Waals surface area contributed by atoms with E-state index in [2.05, 4.69) is 11.6 Å². The molecule has 0 fully saturated rings. The molecule has 0 aliphatic rings. The molecule has 0 aromatic carbocycles. The van der Waals surface area contributed by atoms with Crippen molar-refractivity contribution >= 4 is 6.21 Å². The lowest BCUT2D eigenvalue weighted by atomic mass is 10.3. The Morgan fingerprint density at radius 1 is 1.67 bits per heavy atom. The largest absolute Gasteiger partial charge is 0.293 e. The maximum atomic E-state index is 4.01. The fourth-order valence-electron chi connectivity index (χ4n) is 0.466. The summed E-state index contributed by atoms with van der Waals surface area (Å²) >= 11 is 0. The molecule has 0 aromatic heterocycles. The van der Waals surface area contributed by atoms with E-state index in [9.17, 15) is 0 Å². The van der Waals surface area contributed by atoms with Crippen LogP contribution in [0.1, 0.15) is 13.8 Å². The van der Waals surface area contributed by atoms with E-state index in [-0.39, 0.29) is 0 Å². The Kier molecular flexibility index (Phi) is 4.79. The zero-order chi connectivity index (χ0) is 7.11. The summed E-state index contributed by atoms with van der Waals surface area (Å²) < 4.78 is 0. The molecule has 0 aliphatic carbocycles. The molecule has 0 aliphatic heterocycles. The molecular formula is C8H13N. The minimum Gasteiger partial charge on any atom is -0.293 e. The first-order valence-corrected chi connectivity index (χ1v) is 3.12. The van der Waals surface area contributed by atoms with Gasteiger partial charge in [0.2, 0.25) is 0 Å². The molecule has 1 nitrogen and oxygen atoms in total.